The van der Waals surface area contributed by atoms with Gasteiger partial charge in [0.2, 0.25) is 0 Å². The maximum atomic E-state index is 8.80. The van der Waals surface area contributed by atoms with Crippen molar-refractivity contribution >= 4 is 11.0 Å². The molecule has 2 rings (SSSR count). The lowest BCUT2D eigenvalue weighted by Crippen LogP contribution is -2.11. The Balaban J connectivity index is 2.55. The van der Waals surface area contributed by atoms with Crippen LogP contribution in [0.1, 0.15) is 18.7 Å². The molecule has 4 heteroatoms. The van der Waals surface area contributed by atoms with Gasteiger partial charge in [0, 0.05) is 5.39 Å². The highest BCUT2D eigenvalue weighted by molar-refractivity contribution is 5.83. The Kier molecular flexibility index (Phi) is 2.62. The van der Waals surface area contributed by atoms with Crippen LogP contribution in [-0.4, -0.2) is 12.3 Å². The number of hydrogen-bond acceptors (Lipinski definition) is 4. The number of benzene rings is 1. The number of para-hydroxylation sites is 1. The first-order chi connectivity index (χ1) is 7.26. The van der Waals surface area contributed by atoms with Crippen LogP contribution in [0, 0.1) is 0 Å². The van der Waals surface area contributed by atoms with Gasteiger partial charge in [-0.2, -0.15) is 5.48 Å². The van der Waals surface area contributed by atoms with Crippen molar-refractivity contribution in [3.8, 4) is 5.75 Å². The van der Waals surface area contributed by atoms with Gasteiger partial charge in [-0.3, -0.25) is 0 Å². The van der Waals surface area contributed by atoms with Gasteiger partial charge in [0.05, 0.1) is 13.2 Å². The zero-order valence-electron chi connectivity index (χ0n) is 8.65. The van der Waals surface area contributed by atoms with E-state index in [1.165, 1.54) is 0 Å². The Bertz CT molecular complexity index is 464. The zero-order valence-corrected chi connectivity index (χ0v) is 8.65. The third-order valence-corrected chi connectivity index (χ3v) is 2.37. The second-order valence-corrected chi connectivity index (χ2v) is 3.38. The molecule has 0 spiro atoms. The van der Waals surface area contributed by atoms with Crippen molar-refractivity contribution in [1.29, 1.82) is 0 Å². The number of furan rings is 1. The molecular formula is C11H13NO3. The molecule has 80 valence electrons. The van der Waals surface area contributed by atoms with Crippen molar-refractivity contribution in [2.45, 2.75) is 13.0 Å². The molecule has 0 amide bonds. The minimum atomic E-state index is -0.234. The predicted octanol–water partition coefficient (Wildman–Crippen LogP) is 2.48. The summed E-state index contributed by atoms with van der Waals surface area (Å²) in [5, 5.41) is 9.76. The third-order valence-electron chi connectivity index (χ3n) is 2.37. The van der Waals surface area contributed by atoms with Crippen LogP contribution in [0.25, 0.3) is 11.0 Å². The van der Waals surface area contributed by atoms with Crippen molar-refractivity contribution < 1.29 is 14.4 Å². The van der Waals surface area contributed by atoms with E-state index < -0.39 is 0 Å². The molecule has 1 unspecified atom stereocenters. The number of fused-ring (bicyclic) bond motifs is 1. The van der Waals surface area contributed by atoms with E-state index in [4.69, 9.17) is 14.4 Å². The van der Waals surface area contributed by atoms with Crippen molar-refractivity contribution in [2.75, 3.05) is 7.11 Å². The number of rotatable bonds is 3. The third kappa shape index (κ3) is 1.69. The number of nitrogens with one attached hydrogen (secondary N) is 1. The van der Waals surface area contributed by atoms with Gasteiger partial charge in [0.15, 0.2) is 11.3 Å². The van der Waals surface area contributed by atoms with Gasteiger partial charge in [0.25, 0.3) is 0 Å². The first-order valence-corrected chi connectivity index (χ1v) is 4.72. The summed E-state index contributed by atoms with van der Waals surface area (Å²) in [5.41, 5.74) is 2.85. The SMILES string of the molecule is COc1cccc2cc(C(C)NO)oc12. The van der Waals surface area contributed by atoms with Gasteiger partial charge in [-0.05, 0) is 19.1 Å². The maximum Gasteiger partial charge on any atom is 0.176 e. The largest absolute Gasteiger partial charge is 0.493 e. The summed E-state index contributed by atoms with van der Waals surface area (Å²) in [6, 6.07) is 7.33. The second kappa shape index (κ2) is 3.92. The highest BCUT2D eigenvalue weighted by atomic mass is 16.5. The van der Waals surface area contributed by atoms with Crippen LogP contribution >= 0.6 is 0 Å². The van der Waals surface area contributed by atoms with Crippen LogP contribution in [-0.2, 0) is 0 Å². The summed E-state index contributed by atoms with van der Waals surface area (Å²) in [6.45, 7) is 1.81. The maximum absolute atomic E-state index is 8.80. The van der Waals surface area contributed by atoms with E-state index in [0.717, 1.165) is 5.39 Å². The molecule has 15 heavy (non-hydrogen) atoms. The summed E-state index contributed by atoms with van der Waals surface area (Å²) in [7, 11) is 1.60. The smallest absolute Gasteiger partial charge is 0.176 e. The van der Waals surface area contributed by atoms with E-state index in [2.05, 4.69) is 5.48 Å². The quantitative estimate of drug-likeness (QED) is 0.759. The van der Waals surface area contributed by atoms with Crippen LogP contribution in [0.2, 0.25) is 0 Å². The lowest BCUT2D eigenvalue weighted by atomic mass is 10.2. The lowest BCUT2D eigenvalue weighted by Gasteiger charge is -2.03. The van der Waals surface area contributed by atoms with E-state index >= 15 is 0 Å². The molecule has 0 aliphatic rings. The molecule has 0 saturated carbocycles. The predicted molar refractivity (Wildman–Crippen MR) is 56.1 cm³/mol. The Hall–Kier alpha value is -1.52. The molecule has 1 atom stereocenters. The number of ether oxygens (including phenoxy) is 1. The zero-order chi connectivity index (χ0) is 10.8. The number of hydrogen-bond donors (Lipinski definition) is 2. The van der Waals surface area contributed by atoms with Crippen molar-refractivity contribution in [1.82, 2.24) is 5.48 Å². The molecule has 2 N–H and O–H groups in total. The summed E-state index contributed by atoms with van der Waals surface area (Å²) in [4.78, 5) is 0. The Morgan fingerprint density at radius 3 is 2.93 bits per heavy atom. The summed E-state index contributed by atoms with van der Waals surface area (Å²) in [6.07, 6.45) is 0. The van der Waals surface area contributed by atoms with Gasteiger partial charge in [-0.15, -0.1) is 0 Å². The van der Waals surface area contributed by atoms with Gasteiger partial charge < -0.3 is 14.4 Å². The first kappa shape index (κ1) is 10.0. The molecule has 0 fully saturated rings. The van der Waals surface area contributed by atoms with E-state index in [0.29, 0.717) is 17.1 Å². The van der Waals surface area contributed by atoms with Crippen LogP contribution < -0.4 is 10.2 Å². The average Bonchev–Trinajstić information content (AvgIpc) is 2.71. The molecule has 0 radical (unpaired) electrons. The van der Waals surface area contributed by atoms with Crippen LogP contribution in [0.4, 0.5) is 0 Å². The molecule has 0 saturated heterocycles. The van der Waals surface area contributed by atoms with Crippen molar-refractivity contribution in [3.63, 3.8) is 0 Å². The molecule has 0 bridgehead atoms. The minimum Gasteiger partial charge on any atom is -0.493 e. The number of hydroxylamine groups is 1. The fraction of sp³-hybridized carbons (Fsp3) is 0.273. The van der Waals surface area contributed by atoms with Crippen molar-refractivity contribution in [2.24, 2.45) is 0 Å². The Morgan fingerprint density at radius 1 is 1.47 bits per heavy atom. The Morgan fingerprint density at radius 2 is 2.27 bits per heavy atom. The lowest BCUT2D eigenvalue weighted by molar-refractivity contribution is 0.124. The Labute approximate surface area is 87.4 Å². The molecule has 4 nitrogen and oxygen atoms in total. The van der Waals surface area contributed by atoms with Gasteiger partial charge in [-0.25, -0.2) is 0 Å². The van der Waals surface area contributed by atoms with E-state index in [9.17, 15) is 0 Å². The van der Waals surface area contributed by atoms with Crippen LogP contribution in [0.3, 0.4) is 0 Å². The first-order valence-electron chi connectivity index (χ1n) is 4.72. The second-order valence-electron chi connectivity index (χ2n) is 3.38. The minimum absolute atomic E-state index is 0.234. The summed E-state index contributed by atoms with van der Waals surface area (Å²) >= 11 is 0. The highest BCUT2D eigenvalue weighted by Gasteiger charge is 2.12. The molecular weight excluding hydrogens is 194 g/mol. The fourth-order valence-electron chi connectivity index (χ4n) is 1.49. The molecule has 2 aromatic rings. The highest BCUT2D eigenvalue weighted by Crippen LogP contribution is 2.30. The standard InChI is InChI=1S/C11H13NO3/c1-7(12-13)10-6-8-4-3-5-9(14-2)11(8)15-10/h3-7,12-13H,1-2H3. The van der Waals surface area contributed by atoms with Crippen LogP contribution in [0.15, 0.2) is 28.7 Å². The molecule has 0 aliphatic carbocycles. The summed E-state index contributed by atoms with van der Waals surface area (Å²) in [5.74, 6) is 1.38. The molecule has 1 aromatic heterocycles. The topological polar surface area (TPSA) is 54.6 Å². The molecule has 1 heterocycles. The van der Waals surface area contributed by atoms with Gasteiger partial charge >= 0.3 is 0 Å². The van der Waals surface area contributed by atoms with Gasteiger partial charge in [0.1, 0.15) is 5.76 Å². The normalized spacial score (nSPS) is 13.0. The fourth-order valence-corrected chi connectivity index (χ4v) is 1.49. The summed E-state index contributed by atoms with van der Waals surface area (Å²) < 4.78 is 10.8. The van der Waals surface area contributed by atoms with E-state index in [1.807, 2.05) is 31.2 Å². The van der Waals surface area contributed by atoms with Crippen LogP contribution in [0.5, 0.6) is 5.75 Å². The van der Waals surface area contributed by atoms with Crippen molar-refractivity contribution in [3.05, 3.63) is 30.0 Å². The van der Waals surface area contributed by atoms with E-state index in [-0.39, 0.29) is 6.04 Å². The molecule has 1 aromatic carbocycles. The molecule has 0 aliphatic heterocycles. The number of methoxy groups -OCH3 is 1. The van der Waals surface area contributed by atoms with Gasteiger partial charge in [-0.1, -0.05) is 12.1 Å². The monoisotopic (exact) mass is 207 g/mol. The van der Waals surface area contributed by atoms with E-state index in [1.54, 1.807) is 7.11 Å². The average molecular weight is 207 g/mol.